The summed E-state index contributed by atoms with van der Waals surface area (Å²) in [4.78, 5) is 6.24. The molecule has 0 radical (unpaired) electrons. The van der Waals surface area contributed by atoms with E-state index in [9.17, 15) is 17.9 Å². The highest BCUT2D eigenvalue weighted by molar-refractivity contribution is 7.90. The first-order chi connectivity index (χ1) is 20.0. The number of hydrogen-bond acceptors (Lipinski definition) is 6. The molecule has 0 aliphatic heterocycles. The van der Waals surface area contributed by atoms with E-state index >= 15 is 0 Å². The lowest BCUT2D eigenvalue weighted by Gasteiger charge is -2.12. The van der Waals surface area contributed by atoms with Gasteiger partial charge in [0.1, 0.15) is 17.2 Å². The Balaban J connectivity index is 1.61. The van der Waals surface area contributed by atoms with E-state index in [1.165, 1.54) is 16.1 Å². The van der Waals surface area contributed by atoms with Crippen LogP contribution >= 0.6 is 0 Å². The van der Waals surface area contributed by atoms with Crippen LogP contribution in [0.15, 0.2) is 108 Å². The maximum atomic E-state index is 14.1. The first kappa shape index (κ1) is 26.5. The van der Waals surface area contributed by atoms with Crippen molar-refractivity contribution in [3.63, 3.8) is 0 Å². The lowest BCUT2D eigenvalue weighted by Crippen LogP contribution is -2.14. The second-order valence-corrected chi connectivity index (χ2v) is 11.3. The number of rotatable bonds is 9. The number of benzene rings is 3. The van der Waals surface area contributed by atoms with E-state index in [2.05, 4.69) is 4.98 Å². The fourth-order valence-electron chi connectivity index (χ4n) is 4.83. The maximum absolute atomic E-state index is 14.1. The largest absolute Gasteiger partial charge is 0.396 e. The predicted octanol–water partition coefficient (Wildman–Crippen LogP) is 5.78. The Morgan fingerprint density at radius 2 is 1.46 bits per heavy atom. The van der Waals surface area contributed by atoms with Crippen LogP contribution < -0.4 is 0 Å². The number of halogens is 1. The molecule has 0 spiro atoms. The number of fused-ring (bicyclic) bond motifs is 1. The van der Waals surface area contributed by atoms with Crippen LogP contribution in [-0.2, 0) is 16.6 Å². The lowest BCUT2D eigenvalue weighted by molar-refractivity contribution is 0.278. The molecule has 3 heterocycles. The molecule has 1 N–H and O–H groups in total. The van der Waals surface area contributed by atoms with Gasteiger partial charge in [-0.25, -0.2) is 21.8 Å². The fraction of sp³-hybridized carbons (Fsp3) is 0.129. The highest BCUT2D eigenvalue weighted by atomic mass is 32.2. The van der Waals surface area contributed by atoms with Crippen molar-refractivity contribution in [2.45, 2.75) is 24.3 Å². The van der Waals surface area contributed by atoms with Gasteiger partial charge in [-0.1, -0.05) is 48.5 Å². The summed E-state index contributed by atoms with van der Waals surface area (Å²) in [6, 6.07) is 27.1. The molecule has 0 amide bonds. The molecule has 3 aromatic carbocycles. The van der Waals surface area contributed by atoms with Gasteiger partial charge in [0.15, 0.2) is 5.65 Å². The van der Waals surface area contributed by atoms with Crippen LogP contribution in [0.2, 0.25) is 0 Å². The minimum absolute atomic E-state index is 0.0651. The van der Waals surface area contributed by atoms with Crippen LogP contribution in [0.5, 0.6) is 0 Å². The summed E-state index contributed by atoms with van der Waals surface area (Å²) >= 11 is 0. The molecule has 10 heteroatoms. The molecular formula is C31H26FN5O3S. The quantitative estimate of drug-likeness (QED) is 0.222. The van der Waals surface area contributed by atoms with Crippen molar-refractivity contribution < 1.29 is 17.9 Å². The number of aryl methyl sites for hydroxylation is 1. The number of aromatic nitrogens is 5. The third-order valence-electron chi connectivity index (χ3n) is 6.81. The first-order valence-corrected chi connectivity index (χ1v) is 14.6. The van der Waals surface area contributed by atoms with E-state index in [-0.39, 0.29) is 23.0 Å². The van der Waals surface area contributed by atoms with Gasteiger partial charge in [-0.3, -0.25) is 0 Å². The Morgan fingerprint density at radius 3 is 2.17 bits per heavy atom. The van der Waals surface area contributed by atoms with E-state index in [0.717, 1.165) is 0 Å². The van der Waals surface area contributed by atoms with Crippen LogP contribution in [0.25, 0.3) is 44.8 Å². The zero-order chi connectivity index (χ0) is 28.4. The summed E-state index contributed by atoms with van der Waals surface area (Å²) in [5.74, 6) is -0.368. The predicted molar refractivity (Wildman–Crippen MR) is 155 cm³/mol. The molecule has 41 heavy (non-hydrogen) atoms. The molecule has 8 nitrogen and oxygen atoms in total. The number of aliphatic hydroxyl groups is 1. The van der Waals surface area contributed by atoms with E-state index in [1.54, 1.807) is 59.5 Å². The Morgan fingerprint density at radius 1 is 0.780 bits per heavy atom. The molecule has 0 fully saturated rings. The molecule has 0 saturated carbocycles. The lowest BCUT2D eigenvalue weighted by atomic mass is 10.0. The van der Waals surface area contributed by atoms with Crippen LogP contribution in [0.1, 0.15) is 12.8 Å². The number of pyridine rings is 1. The van der Waals surface area contributed by atoms with Gasteiger partial charge in [-0.15, -0.1) is 0 Å². The normalized spacial score (nSPS) is 11.8. The first-order valence-electron chi connectivity index (χ1n) is 13.2. The maximum Gasteiger partial charge on any atom is 0.269 e. The SMILES string of the molecule is O=S(=O)(c1ccccc1)n1c(-c2ccccc2)cc2c(-c3nn(CCCCO)nc3-c3ccc(F)cc3)ccnc21. The fourth-order valence-corrected chi connectivity index (χ4v) is 6.33. The summed E-state index contributed by atoms with van der Waals surface area (Å²) in [6.07, 6.45) is 2.83. The minimum atomic E-state index is -4.03. The second-order valence-electron chi connectivity index (χ2n) is 9.50. The standard InChI is InChI=1S/C31H26FN5O3S/c32-24-15-13-23(14-16-24)29-30(35-36(34-29)19-7-8-20-38)26-17-18-33-31-27(26)21-28(22-9-3-1-4-10-22)37(31)41(39,40)25-11-5-2-6-12-25/h1-6,9-18,21,38H,7-8,19-20H2. The summed E-state index contributed by atoms with van der Waals surface area (Å²) in [5.41, 5.74) is 3.78. The number of nitrogens with zero attached hydrogens (tertiary/aromatic N) is 5. The molecule has 0 saturated heterocycles. The second kappa shape index (κ2) is 11.1. The third-order valence-corrected chi connectivity index (χ3v) is 8.52. The van der Waals surface area contributed by atoms with Gasteiger partial charge in [0.2, 0.25) is 0 Å². The number of unbranched alkanes of at least 4 members (excludes halogenated alkanes) is 1. The Hall–Kier alpha value is -4.67. The van der Waals surface area contributed by atoms with E-state index < -0.39 is 10.0 Å². The summed E-state index contributed by atoms with van der Waals surface area (Å²) in [6.45, 7) is 0.539. The summed E-state index contributed by atoms with van der Waals surface area (Å²) in [7, 11) is -4.03. The molecule has 0 unspecified atom stereocenters. The van der Waals surface area contributed by atoms with Gasteiger partial charge < -0.3 is 5.11 Å². The Kier molecular flexibility index (Phi) is 7.17. The average molecular weight is 568 g/mol. The zero-order valence-electron chi connectivity index (χ0n) is 21.9. The van der Waals surface area contributed by atoms with Crippen molar-refractivity contribution in [2.75, 3.05) is 6.61 Å². The van der Waals surface area contributed by atoms with Gasteiger partial charge in [0.25, 0.3) is 10.0 Å². The zero-order valence-corrected chi connectivity index (χ0v) is 22.7. The van der Waals surface area contributed by atoms with Crippen molar-refractivity contribution in [1.82, 2.24) is 24.0 Å². The molecule has 0 bridgehead atoms. The van der Waals surface area contributed by atoms with Crippen molar-refractivity contribution in [3.8, 4) is 33.8 Å². The van der Waals surface area contributed by atoms with Crippen molar-refractivity contribution in [1.29, 1.82) is 0 Å². The summed E-state index contributed by atoms with van der Waals surface area (Å²) < 4.78 is 43.2. The Bertz CT molecular complexity index is 1920. The van der Waals surface area contributed by atoms with Crippen molar-refractivity contribution in [3.05, 3.63) is 109 Å². The highest BCUT2D eigenvalue weighted by Gasteiger charge is 2.27. The van der Waals surface area contributed by atoms with Gasteiger partial charge in [0, 0.05) is 29.3 Å². The molecule has 3 aromatic heterocycles. The molecular weight excluding hydrogens is 541 g/mol. The van der Waals surface area contributed by atoms with E-state index in [1.807, 2.05) is 36.4 Å². The van der Waals surface area contributed by atoms with Crippen LogP contribution in [0, 0.1) is 5.82 Å². The average Bonchev–Trinajstić information content (AvgIpc) is 3.61. The minimum Gasteiger partial charge on any atom is -0.396 e. The molecule has 0 aliphatic carbocycles. The van der Waals surface area contributed by atoms with Crippen molar-refractivity contribution in [2.24, 2.45) is 0 Å². The van der Waals surface area contributed by atoms with Crippen LogP contribution in [0.3, 0.4) is 0 Å². The van der Waals surface area contributed by atoms with E-state index in [0.29, 0.717) is 58.5 Å². The van der Waals surface area contributed by atoms with Crippen molar-refractivity contribution >= 4 is 21.1 Å². The number of aliphatic hydroxyl groups excluding tert-OH is 1. The topological polar surface area (TPSA) is 103 Å². The molecule has 6 rings (SSSR count). The molecule has 206 valence electrons. The van der Waals surface area contributed by atoms with Gasteiger partial charge >= 0.3 is 0 Å². The van der Waals surface area contributed by atoms with Crippen LogP contribution in [0.4, 0.5) is 4.39 Å². The third kappa shape index (κ3) is 5.03. The molecule has 6 aromatic rings. The number of hydrogen-bond donors (Lipinski definition) is 1. The van der Waals surface area contributed by atoms with Crippen LogP contribution in [-0.4, -0.2) is 44.1 Å². The molecule has 0 atom stereocenters. The van der Waals surface area contributed by atoms with Gasteiger partial charge in [-0.05, 0) is 66.9 Å². The molecule has 0 aliphatic rings. The monoisotopic (exact) mass is 567 g/mol. The summed E-state index contributed by atoms with van der Waals surface area (Å²) in [5, 5.41) is 19.3. The Labute approximate surface area is 236 Å². The smallest absolute Gasteiger partial charge is 0.269 e. The van der Waals surface area contributed by atoms with Gasteiger partial charge in [-0.2, -0.15) is 15.0 Å². The highest BCUT2D eigenvalue weighted by Crippen LogP contribution is 2.38. The van der Waals surface area contributed by atoms with E-state index in [4.69, 9.17) is 10.2 Å². The van der Waals surface area contributed by atoms with Gasteiger partial charge in [0.05, 0.1) is 17.1 Å².